The Morgan fingerprint density at radius 2 is 2.25 bits per heavy atom. The Morgan fingerprint density at radius 1 is 1.44 bits per heavy atom. The fourth-order valence-electron chi connectivity index (χ4n) is 1.32. The molecule has 0 radical (unpaired) electrons. The maximum Gasteiger partial charge on any atom is 0.280 e. The van der Waals surface area contributed by atoms with Gasteiger partial charge in [0, 0.05) is 5.69 Å². The van der Waals surface area contributed by atoms with E-state index in [4.69, 9.17) is 5.73 Å². The molecule has 6 heteroatoms. The minimum Gasteiger partial charge on any atom is -0.380 e. The van der Waals surface area contributed by atoms with Crippen molar-refractivity contribution in [2.24, 2.45) is 0 Å². The number of nitrogens with zero attached hydrogens (tertiary/aromatic N) is 2. The lowest BCUT2D eigenvalue weighted by atomic mass is 10.2. The highest BCUT2D eigenvalue weighted by Crippen LogP contribution is 2.12. The van der Waals surface area contributed by atoms with Crippen molar-refractivity contribution in [3.63, 3.8) is 0 Å². The molecule has 0 unspecified atom stereocenters. The molecule has 1 aromatic carbocycles. The highest BCUT2D eigenvalue weighted by Gasteiger charge is 2.13. The number of benzene rings is 1. The summed E-state index contributed by atoms with van der Waals surface area (Å²) in [5, 5.41) is 12.2. The first-order chi connectivity index (χ1) is 7.66. The monoisotopic (exact) mass is 217 g/mol. The summed E-state index contributed by atoms with van der Waals surface area (Å²) in [6, 6.07) is 7.45. The zero-order valence-electron chi connectivity index (χ0n) is 8.69. The van der Waals surface area contributed by atoms with Crippen molar-refractivity contribution in [2.75, 3.05) is 11.1 Å². The standard InChI is InChI=1S/C10H11N5O/c1-6-3-2-4-7(5-6)12-10(16)8-9(11)14-15-13-8/h2-5H,1H3,(H,12,16)(H3,11,13,14,15). The van der Waals surface area contributed by atoms with E-state index in [0.717, 1.165) is 5.56 Å². The third kappa shape index (κ3) is 2.00. The number of nitrogens with one attached hydrogen (secondary N) is 2. The summed E-state index contributed by atoms with van der Waals surface area (Å²) in [7, 11) is 0. The van der Waals surface area contributed by atoms with Gasteiger partial charge in [0.2, 0.25) is 0 Å². The average molecular weight is 217 g/mol. The lowest BCUT2D eigenvalue weighted by molar-refractivity contribution is 0.102. The van der Waals surface area contributed by atoms with Gasteiger partial charge in [-0.2, -0.15) is 5.21 Å². The van der Waals surface area contributed by atoms with Gasteiger partial charge in [-0.1, -0.05) is 12.1 Å². The van der Waals surface area contributed by atoms with Crippen LogP contribution in [-0.4, -0.2) is 21.3 Å². The number of aromatic amines is 1. The van der Waals surface area contributed by atoms with Crippen LogP contribution in [0.1, 0.15) is 16.1 Å². The van der Waals surface area contributed by atoms with Gasteiger partial charge in [0.05, 0.1) is 0 Å². The van der Waals surface area contributed by atoms with Gasteiger partial charge >= 0.3 is 0 Å². The van der Waals surface area contributed by atoms with Crippen molar-refractivity contribution in [3.05, 3.63) is 35.5 Å². The number of rotatable bonds is 2. The third-order valence-electron chi connectivity index (χ3n) is 2.07. The van der Waals surface area contributed by atoms with Crippen LogP contribution < -0.4 is 11.1 Å². The normalized spacial score (nSPS) is 10.1. The topological polar surface area (TPSA) is 96.7 Å². The second kappa shape index (κ2) is 4.01. The molecule has 2 aromatic rings. The summed E-state index contributed by atoms with van der Waals surface area (Å²) < 4.78 is 0. The van der Waals surface area contributed by atoms with E-state index in [0.29, 0.717) is 5.69 Å². The van der Waals surface area contributed by atoms with E-state index >= 15 is 0 Å². The average Bonchev–Trinajstić information content (AvgIpc) is 2.64. The molecule has 0 spiro atoms. The molecule has 1 amide bonds. The molecule has 6 nitrogen and oxygen atoms in total. The smallest absolute Gasteiger partial charge is 0.280 e. The van der Waals surface area contributed by atoms with Crippen molar-refractivity contribution >= 4 is 17.4 Å². The fraction of sp³-hybridized carbons (Fsp3) is 0.100. The van der Waals surface area contributed by atoms with Crippen molar-refractivity contribution in [1.29, 1.82) is 0 Å². The Balaban J connectivity index is 2.17. The van der Waals surface area contributed by atoms with Crippen molar-refractivity contribution in [1.82, 2.24) is 15.4 Å². The molecule has 0 bridgehead atoms. The van der Waals surface area contributed by atoms with E-state index in [1.165, 1.54) is 0 Å². The summed E-state index contributed by atoms with van der Waals surface area (Å²) in [6.45, 7) is 1.94. The minimum absolute atomic E-state index is 0.0881. The van der Waals surface area contributed by atoms with Crippen molar-refractivity contribution < 1.29 is 4.79 Å². The maximum absolute atomic E-state index is 11.7. The Hall–Kier alpha value is -2.37. The Morgan fingerprint density at radius 3 is 2.88 bits per heavy atom. The first-order valence-electron chi connectivity index (χ1n) is 4.71. The van der Waals surface area contributed by atoms with Gasteiger partial charge in [-0.05, 0) is 24.6 Å². The van der Waals surface area contributed by atoms with Crippen LogP contribution in [0.25, 0.3) is 0 Å². The van der Waals surface area contributed by atoms with Gasteiger partial charge in [-0.15, -0.1) is 10.2 Å². The summed E-state index contributed by atoms with van der Waals surface area (Å²) in [5.41, 5.74) is 7.32. The fourth-order valence-corrected chi connectivity index (χ4v) is 1.32. The Kier molecular flexibility index (Phi) is 2.55. The van der Waals surface area contributed by atoms with Crippen LogP contribution in [0.4, 0.5) is 11.5 Å². The molecular weight excluding hydrogens is 206 g/mol. The number of hydrogen-bond donors (Lipinski definition) is 3. The highest BCUT2D eigenvalue weighted by molar-refractivity contribution is 6.05. The van der Waals surface area contributed by atoms with Gasteiger partial charge in [-0.3, -0.25) is 4.79 Å². The van der Waals surface area contributed by atoms with E-state index < -0.39 is 0 Å². The van der Waals surface area contributed by atoms with Crippen LogP contribution in [0.15, 0.2) is 24.3 Å². The van der Waals surface area contributed by atoms with Crippen molar-refractivity contribution in [2.45, 2.75) is 6.92 Å². The van der Waals surface area contributed by atoms with Crippen LogP contribution >= 0.6 is 0 Å². The second-order valence-corrected chi connectivity index (χ2v) is 3.38. The molecule has 2 rings (SSSR count). The molecule has 1 heterocycles. The number of aromatic nitrogens is 3. The molecule has 0 atom stereocenters. The predicted molar refractivity (Wildman–Crippen MR) is 59.9 cm³/mol. The Labute approximate surface area is 91.9 Å². The molecule has 0 saturated heterocycles. The molecule has 16 heavy (non-hydrogen) atoms. The number of nitrogen functional groups attached to an aromatic ring is 1. The van der Waals surface area contributed by atoms with E-state index in [-0.39, 0.29) is 17.4 Å². The number of H-pyrrole nitrogens is 1. The first-order valence-corrected chi connectivity index (χ1v) is 4.71. The molecule has 0 aliphatic carbocycles. The predicted octanol–water partition coefficient (Wildman–Crippen LogP) is 0.948. The number of hydrogen-bond acceptors (Lipinski definition) is 4. The van der Waals surface area contributed by atoms with E-state index in [1.807, 2.05) is 25.1 Å². The molecule has 0 aliphatic rings. The largest absolute Gasteiger partial charge is 0.380 e. The van der Waals surface area contributed by atoms with Crippen molar-refractivity contribution in [3.8, 4) is 0 Å². The number of carbonyl (C=O) groups is 1. The summed E-state index contributed by atoms with van der Waals surface area (Å²) in [5.74, 6) is -0.290. The summed E-state index contributed by atoms with van der Waals surface area (Å²) in [4.78, 5) is 11.7. The summed E-state index contributed by atoms with van der Waals surface area (Å²) in [6.07, 6.45) is 0. The number of aryl methyl sites for hydroxylation is 1. The van der Waals surface area contributed by atoms with Gasteiger partial charge in [0.15, 0.2) is 11.5 Å². The molecule has 1 aromatic heterocycles. The van der Waals surface area contributed by atoms with Crippen LogP contribution in [-0.2, 0) is 0 Å². The molecule has 4 N–H and O–H groups in total. The number of carbonyl (C=O) groups excluding carboxylic acids is 1. The zero-order valence-corrected chi connectivity index (χ0v) is 8.69. The minimum atomic E-state index is -0.378. The number of nitrogens with two attached hydrogens (primary N) is 1. The van der Waals surface area contributed by atoms with Crippen LogP contribution in [0.5, 0.6) is 0 Å². The van der Waals surface area contributed by atoms with E-state index in [2.05, 4.69) is 20.7 Å². The SMILES string of the molecule is Cc1cccc(NC(=O)c2n[nH]nc2N)c1. The molecular formula is C10H11N5O. The van der Waals surface area contributed by atoms with Crippen LogP contribution in [0.2, 0.25) is 0 Å². The first kappa shape index (κ1) is 10.2. The molecule has 82 valence electrons. The summed E-state index contributed by atoms with van der Waals surface area (Å²) >= 11 is 0. The van der Waals surface area contributed by atoms with E-state index in [9.17, 15) is 4.79 Å². The quantitative estimate of drug-likeness (QED) is 0.697. The molecule has 0 fully saturated rings. The lowest BCUT2D eigenvalue weighted by Crippen LogP contribution is -2.14. The van der Waals surface area contributed by atoms with Gasteiger partial charge in [0.1, 0.15) is 0 Å². The Bertz CT molecular complexity index is 519. The van der Waals surface area contributed by atoms with Gasteiger partial charge < -0.3 is 11.1 Å². The van der Waals surface area contributed by atoms with Gasteiger partial charge in [0.25, 0.3) is 5.91 Å². The maximum atomic E-state index is 11.7. The van der Waals surface area contributed by atoms with Crippen LogP contribution in [0.3, 0.4) is 0 Å². The second-order valence-electron chi connectivity index (χ2n) is 3.38. The highest BCUT2D eigenvalue weighted by atomic mass is 16.2. The molecule has 0 aliphatic heterocycles. The number of amides is 1. The zero-order chi connectivity index (χ0) is 11.5. The van der Waals surface area contributed by atoms with E-state index in [1.54, 1.807) is 6.07 Å². The lowest BCUT2D eigenvalue weighted by Gasteiger charge is -2.03. The molecule has 0 saturated carbocycles. The van der Waals surface area contributed by atoms with Gasteiger partial charge in [-0.25, -0.2) is 0 Å². The number of anilines is 2. The van der Waals surface area contributed by atoms with Crippen LogP contribution in [0, 0.1) is 6.92 Å². The third-order valence-corrected chi connectivity index (χ3v) is 2.07.